The number of carbonyl (C=O) groups excluding carboxylic acids is 1. The molecule has 0 bridgehead atoms. The minimum atomic E-state index is -0.340. The lowest BCUT2D eigenvalue weighted by molar-refractivity contribution is 0.0827. The van der Waals surface area contributed by atoms with Crippen LogP contribution in [0.25, 0.3) is 0 Å². The second-order valence-electron chi connectivity index (χ2n) is 3.16. The molecule has 0 saturated carbocycles. The van der Waals surface area contributed by atoms with Gasteiger partial charge in [-0.3, -0.25) is 4.79 Å². The van der Waals surface area contributed by atoms with E-state index in [1.165, 1.54) is 11.0 Å². The van der Waals surface area contributed by atoms with Crippen LogP contribution in [0.15, 0.2) is 18.2 Å². The summed E-state index contributed by atoms with van der Waals surface area (Å²) in [4.78, 5) is 12.8. The molecule has 0 unspecified atom stereocenters. The Morgan fingerprint density at radius 2 is 1.80 bits per heavy atom. The van der Waals surface area contributed by atoms with Crippen molar-refractivity contribution in [3.63, 3.8) is 0 Å². The number of amides is 1. The van der Waals surface area contributed by atoms with E-state index in [0.29, 0.717) is 11.1 Å². The van der Waals surface area contributed by atoms with E-state index in [1.807, 2.05) is 13.8 Å². The summed E-state index contributed by atoms with van der Waals surface area (Å²) in [7, 11) is 3.28. The van der Waals surface area contributed by atoms with Gasteiger partial charge in [-0.2, -0.15) is 0 Å². The topological polar surface area (TPSA) is 20.3 Å². The van der Waals surface area contributed by atoms with E-state index < -0.39 is 0 Å². The van der Waals surface area contributed by atoms with Crippen molar-refractivity contribution in [1.29, 1.82) is 0 Å². The summed E-state index contributed by atoms with van der Waals surface area (Å²) >= 11 is 0. The maximum atomic E-state index is 13.0. The van der Waals surface area contributed by atoms with Gasteiger partial charge in [-0.15, -0.1) is 0 Å². The highest BCUT2D eigenvalue weighted by atomic mass is 19.1. The van der Waals surface area contributed by atoms with E-state index in [2.05, 4.69) is 0 Å². The molecule has 0 saturated heterocycles. The zero-order valence-electron chi connectivity index (χ0n) is 9.97. The highest BCUT2D eigenvalue weighted by molar-refractivity contribution is 5.93. The van der Waals surface area contributed by atoms with Crippen molar-refractivity contribution in [3.8, 4) is 0 Å². The number of carbonyl (C=O) groups is 1. The van der Waals surface area contributed by atoms with Gasteiger partial charge in [0, 0.05) is 19.7 Å². The fraction of sp³-hybridized carbons (Fsp3) is 0.417. The SMILES string of the molecule is CC.Cc1ccc(C(=O)N(C)C)cc1F. The van der Waals surface area contributed by atoms with E-state index in [4.69, 9.17) is 0 Å². The smallest absolute Gasteiger partial charge is 0.253 e. The average Bonchev–Trinajstić information content (AvgIpc) is 2.24. The monoisotopic (exact) mass is 211 g/mol. The van der Waals surface area contributed by atoms with Gasteiger partial charge in [-0.25, -0.2) is 4.39 Å². The second kappa shape index (κ2) is 6.17. The molecular weight excluding hydrogens is 193 g/mol. The quantitative estimate of drug-likeness (QED) is 0.699. The molecule has 1 amide bonds. The summed E-state index contributed by atoms with van der Waals surface area (Å²) in [5, 5.41) is 0. The van der Waals surface area contributed by atoms with Gasteiger partial charge in [0.1, 0.15) is 5.82 Å². The lowest BCUT2D eigenvalue weighted by atomic mass is 10.1. The number of benzene rings is 1. The first-order valence-corrected chi connectivity index (χ1v) is 5.00. The Morgan fingerprint density at radius 3 is 2.20 bits per heavy atom. The Labute approximate surface area is 90.7 Å². The molecule has 1 aromatic carbocycles. The van der Waals surface area contributed by atoms with Crippen LogP contribution in [0.2, 0.25) is 0 Å². The zero-order chi connectivity index (χ0) is 12.0. The van der Waals surface area contributed by atoms with Crippen LogP contribution < -0.4 is 0 Å². The first-order valence-electron chi connectivity index (χ1n) is 5.00. The molecule has 0 radical (unpaired) electrons. The molecule has 84 valence electrons. The molecule has 0 aliphatic rings. The van der Waals surface area contributed by atoms with Gasteiger partial charge in [0.15, 0.2) is 0 Å². The van der Waals surface area contributed by atoms with Gasteiger partial charge in [-0.05, 0) is 24.6 Å². The number of aryl methyl sites for hydroxylation is 1. The molecular formula is C12H18FNO. The summed E-state index contributed by atoms with van der Waals surface area (Å²) in [5.41, 5.74) is 0.934. The third kappa shape index (κ3) is 3.70. The Balaban J connectivity index is 0.000000921. The van der Waals surface area contributed by atoms with Crippen molar-refractivity contribution in [1.82, 2.24) is 4.90 Å². The van der Waals surface area contributed by atoms with Crippen molar-refractivity contribution >= 4 is 5.91 Å². The van der Waals surface area contributed by atoms with Crippen molar-refractivity contribution in [2.75, 3.05) is 14.1 Å². The standard InChI is InChI=1S/C10H12FNO.C2H6/c1-7-4-5-8(6-9(7)11)10(13)12(2)3;1-2/h4-6H,1-3H3;1-2H3. The molecule has 0 N–H and O–H groups in total. The molecule has 1 aromatic rings. The largest absolute Gasteiger partial charge is 0.345 e. The van der Waals surface area contributed by atoms with Gasteiger partial charge >= 0.3 is 0 Å². The minimum absolute atomic E-state index is 0.182. The highest BCUT2D eigenvalue weighted by Gasteiger charge is 2.09. The number of rotatable bonds is 1. The van der Waals surface area contributed by atoms with Crippen LogP contribution in [-0.2, 0) is 0 Å². The molecule has 3 heteroatoms. The van der Waals surface area contributed by atoms with E-state index in [-0.39, 0.29) is 11.7 Å². The molecule has 0 aromatic heterocycles. The normalized spacial score (nSPS) is 8.93. The molecule has 0 heterocycles. The van der Waals surface area contributed by atoms with Crippen LogP contribution in [0.3, 0.4) is 0 Å². The van der Waals surface area contributed by atoms with Crippen LogP contribution >= 0.6 is 0 Å². The van der Waals surface area contributed by atoms with Crippen molar-refractivity contribution < 1.29 is 9.18 Å². The summed E-state index contributed by atoms with van der Waals surface area (Å²) in [6.07, 6.45) is 0. The van der Waals surface area contributed by atoms with Gasteiger partial charge < -0.3 is 4.90 Å². The lowest BCUT2D eigenvalue weighted by Gasteiger charge is -2.10. The Bertz CT molecular complexity index is 334. The number of nitrogens with zero attached hydrogens (tertiary/aromatic N) is 1. The van der Waals surface area contributed by atoms with Crippen LogP contribution in [0.5, 0.6) is 0 Å². The predicted octanol–water partition coefficient (Wildman–Crippen LogP) is 2.86. The van der Waals surface area contributed by atoms with Crippen molar-refractivity contribution in [2.24, 2.45) is 0 Å². The molecule has 0 aliphatic heterocycles. The average molecular weight is 211 g/mol. The van der Waals surface area contributed by atoms with E-state index >= 15 is 0 Å². The Hall–Kier alpha value is -1.38. The zero-order valence-corrected chi connectivity index (χ0v) is 9.97. The minimum Gasteiger partial charge on any atom is -0.345 e. The summed E-state index contributed by atoms with van der Waals surface area (Å²) in [5.74, 6) is -0.522. The molecule has 0 atom stereocenters. The fourth-order valence-corrected chi connectivity index (χ4v) is 0.984. The van der Waals surface area contributed by atoms with Crippen LogP contribution in [0.4, 0.5) is 4.39 Å². The maximum Gasteiger partial charge on any atom is 0.253 e. The number of halogens is 1. The van der Waals surface area contributed by atoms with E-state index in [0.717, 1.165) is 0 Å². The second-order valence-corrected chi connectivity index (χ2v) is 3.16. The fourth-order valence-electron chi connectivity index (χ4n) is 0.984. The molecule has 15 heavy (non-hydrogen) atoms. The van der Waals surface area contributed by atoms with Crippen molar-refractivity contribution in [2.45, 2.75) is 20.8 Å². The van der Waals surface area contributed by atoms with Crippen LogP contribution in [0.1, 0.15) is 29.8 Å². The number of hydrogen-bond acceptors (Lipinski definition) is 1. The molecule has 0 spiro atoms. The van der Waals surface area contributed by atoms with Gasteiger partial charge in [0.2, 0.25) is 0 Å². The number of hydrogen-bond donors (Lipinski definition) is 0. The summed E-state index contributed by atoms with van der Waals surface area (Å²) in [6, 6.07) is 4.49. The molecule has 0 fully saturated rings. The molecule has 0 aliphatic carbocycles. The molecule has 1 rings (SSSR count). The third-order valence-corrected chi connectivity index (χ3v) is 1.82. The predicted molar refractivity (Wildman–Crippen MR) is 60.5 cm³/mol. The highest BCUT2D eigenvalue weighted by Crippen LogP contribution is 2.10. The van der Waals surface area contributed by atoms with E-state index in [9.17, 15) is 9.18 Å². The van der Waals surface area contributed by atoms with Gasteiger partial charge in [0.05, 0.1) is 0 Å². The van der Waals surface area contributed by atoms with Gasteiger partial charge in [-0.1, -0.05) is 19.9 Å². The maximum absolute atomic E-state index is 13.0. The Kier molecular flexibility index (Phi) is 5.60. The Morgan fingerprint density at radius 1 is 1.27 bits per heavy atom. The summed E-state index contributed by atoms with van der Waals surface area (Å²) in [6.45, 7) is 5.67. The van der Waals surface area contributed by atoms with Crippen LogP contribution in [-0.4, -0.2) is 24.9 Å². The van der Waals surface area contributed by atoms with Crippen molar-refractivity contribution in [3.05, 3.63) is 35.1 Å². The third-order valence-electron chi connectivity index (χ3n) is 1.82. The van der Waals surface area contributed by atoms with Crippen LogP contribution in [0, 0.1) is 12.7 Å². The van der Waals surface area contributed by atoms with Gasteiger partial charge in [0.25, 0.3) is 5.91 Å². The lowest BCUT2D eigenvalue weighted by Crippen LogP contribution is -2.21. The first-order chi connectivity index (χ1) is 7.02. The first kappa shape index (κ1) is 13.6. The summed E-state index contributed by atoms with van der Waals surface area (Å²) < 4.78 is 13.0. The molecule has 2 nitrogen and oxygen atoms in total. The van der Waals surface area contributed by atoms with E-state index in [1.54, 1.807) is 33.2 Å².